The van der Waals surface area contributed by atoms with Gasteiger partial charge in [-0.25, -0.2) is 8.42 Å². The van der Waals surface area contributed by atoms with E-state index in [1.54, 1.807) is 17.0 Å². The van der Waals surface area contributed by atoms with Crippen LogP contribution in [0, 0.1) is 0 Å². The number of amides is 1. The minimum atomic E-state index is -3.73. The van der Waals surface area contributed by atoms with Crippen molar-refractivity contribution in [1.29, 1.82) is 0 Å². The molecule has 9 heteroatoms. The van der Waals surface area contributed by atoms with E-state index in [9.17, 15) is 13.2 Å². The van der Waals surface area contributed by atoms with Gasteiger partial charge in [-0.1, -0.05) is 17.7 Å². The maximum absolute atomic E-state index is 12.8. The molecule has 2 aliphatic rings. The van der Waals surface area contributed by atoms with Crippen molar-refractivity contribution in [2.45, 2.75) is 25.4 Å². The summed E-state index contributed by atoms with van der Waals surface area (Å²) in [6, 6.07) is 8.72. The number of hydrogen-bond acceptors (Lipinski definition) is 5. The lowest BCUT2D eigenvalue weighted by atomic mass is 10.0. The average molecular weight is 438 g/mol. The largest absolute Gasteiger partial charge is 0.312 e. The fourth-order valence-electron chi connectivity index (χ4n) is 3.49. The van der Waals surface area contributed by atoms with Crippen molar-refractivity contribution in [3.8, 4) is 0 Å². The van der Waals surface area contributed by atoms with Gasteiger partial charge < -0.3 is 10.2 Å². The van der Waals surface area contributed by atoms with Gasteiger partial charge in [-0.3, -0.25) is 4.79 Å². The van der Waals surface area contributed by atoms with Crippen molar-refractivity contribution < 1.29 is 13.2 Å². The first-order chi connectivity index (χ1) is 13.4. The summed E-state index contributed by atoms with van der Waals surface area (Å²) >= 11 is 7.14. The van der Waals surface area contributed by atoms with Crippen LogP contribution in [0.5, 0.6) is 0 Å². The van der Waals surface area contributed by atoms with E-state index < -0.39 is 16.1 Å². The van der Waals surface area contributed by atoms with E-state index in [1.165, 1.54) is 28.5 Å². The quantitative estimate of drug-likeness (QED) is 0.753. The maximum atomic E-state index is 12.8. The summed E-state index contributed by atoms with van der Waals surface area (Å²) in [5.74, 6) is -0.222. The van der Waals surface area contributed by atoms with Crippen LogP contribution in [0.3, 0.4) is 0 Å². The molecule has 28 heavy (non-hydrogen) atoms. The summed E-state index contributed by atoms with van der Waals surface area (Å²) in [6.45, 7) is 2.24. The molecule has 1 aromatic carbocycles. The van der Waals surface area contributed by atoms with Crippen LogP contribution in [0.25, 0.3) is 6.08 Å². The van der Waals surface area contributed by atoms with E-state index in [-0.39, 0.29) is 5.91 Å². The second-order valence-electron chi connectivity index (χ2n) is 6.82. The first-order valence-corrected chi connectivity index (χ1v) is 11.7. The Balaban J connectivity index is 1.44. The molecule has 6 nitrogen and oxygen atoms in total. The van der Waals surface area contributed by atoms with Gasteiger partial charge in [0.15, 0.2) is 0 Å². The molecule has 1 atom stereocenters. The SMILES string of the molecule is O=C1[C@@H](NS(=O)(=O)C=Cc2ccc(Cl)s2)CCN1c1ccc2c(c1)CNCC2. The molecule has 1 amide bonds. The van der Waals surface area contributed by atoms with Gasteiger partial charge in [0.05, 0.1) is 4.34 Å². The van der Waals surface area contributed by atoms with E-state index in [4.69, 9.17) is 11.6 Å². The Kier molecular flexibility index (Phi) is 5.57. The van der Waals surface area contributed by atoms with Gasteiger partial charge in [-0.05, 0) is 60.9 Å². The lowest BCUT2D eigenvalue weighted by molar-refractivity contribution is -0.118. The van der Waals surface area contributed by atoms with Gasteiger partial charge in [0, 0.05) is 29.1 Å². The fraction of sp³-hybridized carbons (Fsp3) is 0.316. The summed E-state index contributed by atoms with van der Waals surface area (Å²) in [6.07, 6.45) is 2.90. The number of halogens is 1. The molecule has 148 valence electrons. The van der Waals surface area contributed by atoms with Gasteiger partial charge in [-0.15, -0.1) is 11.3 Å². The highest BCUT2D eigenvalue weighted by Gasteiger charge is 2.35. The molecular weight excluding hydrogens is 418 g/mol. The highest BCUT2D eigenvalue weighted by Crippen LogP contribution is 2.26. The average Bonchev–Trinajstić information content (AvgIpc) is 3.25. The summed E-state index contributed by atoms with van der Waals surface area (Å²) in [5, 5.41) is 4.41. The number of nitrogens with one attached hydrogen (secondary N) is 2. The Morgan fingerprint density at radius 1 is 1.25 bits per heavy atom. The molecule has 0 bridgehead atoms. The minimum Gasteiger partial charge on any atom is -0.312 e. The number of carbonyl (C=O) groups excluding carboxylic acids is 1. The van der Waals surface area contributed by atoms with Crippen LogP contribution in [0.15, 0.2) is 35.7 Å². The second kappa shape index (κ2) is 7.96. The number of fused-ring (bicyclic) bond motifs is 1. The normalized spacial score (nSPS) is 20.1. The zero-order valence-corrected chi connectivity index (χ0v) is 17.4. The van der Waals surface area contributed by atoms with E-state index in [2.05, 4.69) is 16.1 Å². The van der Waals surface area contributed by atoms with Crippen molar-refractivity contribution in [3.63, 3.8) is 0 Å². The molecule has 0 radical (unpaired) electrons. The van der Waals surface area contributed by atoms with Crippen molar-refractivity contribution in [3.05, 3.63) is 56.1 Å². The molecule has 4 rings (SSSR count). The predicted octanol–water partition coefficient (Wildman–Crippen LogP) is 2.74. The van der Waals surface area contributed by atoms with Gasteiger partial charge in [0.1, 0.15) is 6.04 Å². The Labute approximate surface area is 173 Å². The van der Waals surface area contributed by atoms with Crippen LogP contribution in [-0.2, 0) is 27.8 Å². The summed E-state index contributed by atoms with van der Waals surface area (Å²) < 4.78 is 27.8. The van der Waals surface area contributed by atoms with Crippen molar-refractivity contribution >= 4 is 50.6 Å². The van der Waals surface area contributed by atoms with Crippen molar-refractivity contribution in [2.75, 3.05) is 18.0 Å². The molecule has 2 aliphatic heterocycles. The molecule has 0 spiro atoms. The van der Waals surface area contributed by atoms with Crippen LogP contribution < -0.4 is 14.9 Å². The third-order valence-corrected chi connectivity index (χ3v) is 7.21. The lowest BCUT2D eigenvalue weighted by Gasteiger charge is -2.22. The molecule has 3 heterocycles. The van der Waals surface area contributed by atoms with Gasteiger partial charge in [0.25, 0.3) is 0 Å². The maximum Gasteiger partial charge on any atom is 0.245 e. The van der Waals surface area contributed by atoms with Crippen LogP contribution in [0.1, 0.15) is 22.4 Å². The number of anilines is 1. The number of thiophene rings is 1. The van der Waals surface area contributed by atoms with Crippen LogP contribution in [0.2, 0.25) is 4.34 Å². The van der Waals surface area contributed by atoms with E-state index in [1.807, 2.05) is 12.1 Å². The zero-order chi connectivity index (χ0) is 19.7. The third kappa shape index (κ3) is 4.31. The summed E-state index contributed by atoms with van der Waals surface area (Å²) in [7, 11) is -3.73. The van der Waals surface area contributed by atoms with Crippen LogP contribution in [0.4, 0.5) is 5.69 Å². The Bertz CT molecular complexity index is 1030. The smallest absolute Gasteiger partial charge is 0.245 e. The summed E-state index contributed by atoms with van der Waals surface area (Å²) in [5.41, 5.74) is 3.31. The number of sulfonamides is 1. The van der Waals surface area contributed by atoms with Crippen LogP contribution >= 0.6 is 22.9 Å². The minimum absolute atomic E-state index is 0.222. The van der Waals surface area contributed by atoms with Crippen LogP contribution in [-0.4, -0.2) is 33.5 Å². The molecular formula is C19H20ClN3O3S2. The monoisotopic (exact) mass is 437 g/mol. The lowest BCUT2D eigenvalue weighted by Crippen LogP contribution is -2.40. The Hall–Kier alpha value is -1.71. The highest BCUT2D eigenvalue weighted by molar-refractivity contribution is 7.92. The highest BCUT2D eigenvalue weighted by atomic mass is 35.5. The number of rotatable bonds is 5. The standard InChI is InChI=1S/C19H20ClN3O3S2/c20-18-4-3-16(27-18)7-10-28(25,26)22-17-6-9-23(19(17)24)15-2-1-13-5-8-21-12-14(13)11-15/h1-4,7,10-11,17,21-22H,5-6,8-9,12H2/t17-/m0/s1. The molecule has 0 aliphatic carbocycles. The topological polar surface area (TPSA) is 78.5 Å². The van der Waals surface area contributed by atoms with Crippen molar-refractivity contribution in [1.82, 2.24) is 10.0 Å². The first-order valence-electron chi connectivity index (χ1n) is 9.01. The van der Waals surface area contributed by atoms with Gasteiger partial charge in [-0.2, -0.15) is 4.72 Å². The fourth-order valence-corrected chi connectivity index (χ4v) is 5.56. The number of nitrogens with zero attached hydrogens (tertiary/aromatic N) is 1. The molecule has 0 saturated carbocycles. The van der Waals surface area contributed by atoms with Crippen molar-refractivity contribution in [2.24, 2.45) is 0 Å². The molecule has 2 N–H and O–H groups in total. The summed E-state index contributed by atoms with van der Waals surface area (Å²) in [4.78, 5) is 15.2. The van der Waals surface area contributed by atoms with E-state index in [0.717, 1.165) is 35.5 Å². The Morgan fingerprint density at radius 2 is 2.11 bits per heavy atom. The van der Waals surface area contributed by atoms with E-state index in [0.29, 0.717) is 17.3 Å². The molecule has 1 saturated heterocycles. The number of benzene rings is 1. The van der Waals surface area contributed by atoms with E-state index >= 15 is 0 Å². The van der Waals surface area contributed by atoms with Gasteiger partial charge >= 0.3 is 0 Å². The molecule has 2 aromatic rings. The molecule has 1 aromatic heterocycles. The first kappa shape index (κ1) is 19.6. The number of hydrogen-bond donors (Lipinski definition) is 2. The van der Waals surface area contributed by atoms with Gasteiger partial charge in [0.2, 0.25) is 15.9 Å². The third-order valence-electron chi connectivity index (χ3n) is 4.91. The predicted molar refractivity (Wildman–Crippen MR) is 113 cm³/mol. The molecule has 1 fully saturated rings. The number of carbonyl (C=O) groups is 1. The molecule has 0 unspecified atom stereocenters. The zero-order valence-electron chi connectivity index (χ0n) is 15.0. The Morgan fingerprint density at radius 3 is 2.89 bits per heavy atom. The second-order valence-corrected chi connectivity index (χ2v) is 10.2.